The van der Waals surface area contributed by atoms with Gasteiger partial charge in [0.25, 0.3) is 0 Å². The summed E-state index contributed by atoms with van der Waals surface area (Å²) in [5.74, 6) is 0.446. The van der Waals surface area contributed by atoms with E-state index in [1.54, 1.807) is 0 Å². The van der Waals surface area contributed by atoms with Crippen LogP contribution >= 0.6 is 0 Å². The Labute approximate surface area is 98.5 Å². The quantitative estimate of drug-likeness (QED) is 0.751. The summed E-state index contributed by atoms with van der Waals surface area (Å²) >= 11 is 0. The van der Waals surface area contributed by atoms with Gasteiger partial charge in [0, 0.05) is 19.3 Å². The van der Waals surface area contributed by atoms with Gasteiger partial charge in [0.2, 0.25) is 0 Å². The summed E-state index contributed by atoms with van der Waals surface area (Å²) in [5.41, 5.74) is -0.619. The van der Waals surface area contributed by atoms with Crippen molar-refractivity contribution in [1.29, 1.82) is 0 Å². The number of aromatic nitrogens is 1. The Morgan fingerprint density at radius 1 is 1.06 bits per heavy atom. The second kappa shape index (κ2) is 4.94. The predicted octanol–water partition coefficient (Wildman–Crippen LogP) is 3.48. The highest BCUT2D eigenvalue weighted by atomic mass is 19.4. The molecule has 0 saturated carbocycles. The van der Waals surface area contributed by atoms with E-state index in [-0.39, 0.29) is 0 Å². The number of nitrogens with zero attached hydrogens (tertiary/aromatic N) is 2. The van der Waals surface area contributed by atoms with E-state index in [1.165, 1.54) is 6.20 Å². The summed E-state index contributed by atoms with van der Waals surface area (Å²) in [6.45, 7) is 1.60. The zero-order valence-electron chi connectivity index (χ0n) is 9.50. The Kier molecular flexibility index (Phi) is 3.54. The second-order valence-electron chi connectivity index (χ2n) is 4.30. The van der Waals surface area contributed by atoms with Crippen molar-refractivity contribution in [3.8, 4) is 0 Å². The lowest BCUT2D eigenvalue weighted by Crippen LogP contribution is -2.25. The lowest BCUT2D eigenvalue weighted by molar-refractivity contribution is -0.137. The minimum Gasteiger partial charge on any atom is -0.357 e. The SMILES string of the molecule is FC(F)(F)c1ccnc(N2CCCCCC2)c1. The highest BCUT2D eigenvalue weighted by Gasteiger charge is 2.31. The summed E-state index contributed by atoms with van der Waals surface area (Å²) in [7, 11) is 0. The van der Waals surface area contributed by atoms with Gasteiger partial charge in [0.15, 0.2) is 0 Å². The first kappa shape index (κ1) is 12.2. The van der Waals surface area contributed by atoms with Crippen LogP contribution in [0.3, 0.4) is 0 Å². The average Bonchev–Trinajstić information content (AvgIpc) is 2.56. The second-order valence-corrected chi connectivity index (χ2v) is 4.30. The largest absolute Gasteiger partial charge is 0.416 e. The fraction of sp³-hybridized carbons (Fsp3) is 0.583. The van der Waals surface area contributed by atoms with Gasteiger partial charge < -0.3 is 4.90 Å². The molecule has 1 aliphatic heterocycles. The number of pyridine rings is 1. The molecule has 1 saturated heterocycles. The van der Waals surface area contributed by atoms with Crippen LogP contribution in [0.4, 0.5) is 19.0 Å². The minimum absolute atomic E-state index is 0.446. The molecular weight excluding hydrogens is 229 g/mol. The molecule has 0 N–H and O–H groups in total. The first-order valence-electron chi connectivity index (χ1n) is 5.85. The Bertz CT molecular complexity index is 368. The minimum atomic E-state index is -4.29. The maximum absolute atomic E-state index is 12.6. The van der Waals surface area contributed by atoms with Crippen LogP contribution in [0, 0.1) is 0 Å². The molecule has 1 aromatic rings. The number of hydrogen-bond donors (Lipinski definition) is 0. The Morgan fingerprint density at radius 2 is 1.71 bits per heavy atom. The molecule has 2 rings (SSSR count). The van der Waals surface area contributed by atoms with Gasteiger partial charge in [-0.3, -0.25) is 0 Å². The zero-order valence-corrected chi connectivity index (χ0v) is 9.50. The summed E-state index contributed by atoms with van der Waals surface area (Å²) in [6, 6.07) is 2.16. The maximum Gasteiger partial charge on any atom is 0.416 e. The summed E-state index contributed by atoms with van der Waals surface area (Å²) < 4.78 is 37.7. The smallest absolute Gasteiger partial charge is 0.357 e. The molecule has 0 amide bonds. The monoisotopic (exact) mass is 244 g/mol. The van der Waals surface area contributed by atoms with Gasteiger partial charge in [-0.15, -0.1) is 0 Å². The lowest BCUT2D eigenvalue weighted by atomic mass is 10.2. The van der Waals surface area contributed by atoms with E-state index in [2.05, 4.69) is 4.98 Å². The molecular formula is C12H15F3N2. The molecule has 0 aromatic carbocycles. The van der Waals surface area contributed by atoms with Crippen molar-refractivity contribution in [1.82, 2.24) is 4.98 Å². The standard InChI is InChI=1S/C12H15F3N2/c13-12(14,15)10-5-6-16-11(9-10)17-7-3-1-2-4-8-17/h5-6,9H,1-4,7-8H2. The molecule has 5 heteroatoms. The number of anilines is 1. The fourth-order valence-corrected chi connectivity index (χ4v) is 2.07. The molecule has 0 unspecified atom stereocenters. The Hall–Kier alpha value is -1.26. The van der Waals surface area contributed by atoms with E-state index >= 15 is 0 Å². The van der Waals surface area contributed by atoms with Crippen LogP contribution < -0.4 is 4.90 Å². The summed E-state index contributed by atoms with van der Waals surface area (Å²) in [6.07, 6.45) is 1.30. The molecule has 94 valence electrons. The van der Waals surface area contributed by atoms with E-state index < -0.39 is 11.7 Å². The van der Waals surface area contributed by atoms with Crippen molar-refractivity contribution in [2.75, 3.05) is 18.0 Å². The Balaban J connectivity index is 2.20. The van der Waals surface area contributed by atoms with Gasteiger partial charge in [0.05, 0.1) is 5.56 Å². The third-order valence-electron chi connectivity index (χ3n) is 3.00. The van der Waals surface area contributed by atoms with Crippen molar-refractivity contribution < 1.29 is 13.2 Å². The van der Waals surface area contributed by atoms with Crippen LogP contribution in [0.5, 0.6) is 0 Å². The molecule has 1 fully saturated rings. The highest BCUT2D eigenvalue weighted by molar-refractivity contribution is 5.41. The molecule has 17 heavy (non-hydrogen) atoms. The van der Waals surface area contributed by atoms with Crippen LogP contribution in [-0.2, 0) is 6.18 Å². The predicted molar refractivity (Wildman–Crippen MR) is 59.9 cm³/mol. The van der Waals surface area contributed by atoms with Gasteiger partial charge >= 0.3 is 6.18 Å². The number of alkyl halides is 3. The van der Waals surface area contributed by atoms with Gasteiger partial charge in [-0.05, 0) is 25.0 Å². The van der Waals surface area contributed by atoms with Gasteiger partial charge in [-0.1, -0.05) is 12.8 Å². The topological polar surface area (TPSA) is 16.1 Å². The normalized spacial score (nSPS) is 17.9. The molecule has 0 radical (unpaired) electrons. The van der Waals surface area contributed by atoms with E-state index in [0.717, 1.165) is 50.9 Å². The fourth-order valence-electron chi connectivity index (χ4n) is 2.07. The molecule has 0 atom stereocenters. The average molecular weight is 244 g/mol. The van der Waals surface area contributed by atoms with Crippen LogP contribution in [0.15, 0.2) is 18.3 Å². The van der Waals surface area contributed by atoms with E-state index in [9.17, 15) is 13.2 Å². The summed E-state index contributed by atoms with van der Waals surface area (Å²) in [4.78, 5) is 5.99. The van der Waals surface area contributed by atoms with Crippen molar-refractivity contribution in [3.63, 3.8) is 0 Å². The van der Waals surface area contributed by atoms with Gasteiger partial charge in [-0.25, -0.2) is 4.98 Å². The van der Waals surface area contributed by atoms with Crippen molar-refractivity contribution in [2.45, 2.75) is 31.9 Å². The van der Waals surface area contributed by atoms with E-state index in [4.69, 9.17) is 0 Å². The molecule has 0 spiro atoms. The molecule has 2 heterocycles. The van der Waals surface area contributed by atoms with Gasteiger partial charge in [-0.2, -0.15) is 13.2 Å². The number of halogens is 3. The molecule has 1 aromatic heterocycles. The first-order valence-corrected chi connectivity index (χ1v) is 5.85. The van der Waals surface area contributed by atoms with Crippen LogP contribution in [0.1, 0.15) is 31.2 Å². The third-order valence-corrected chi connectivity index (χ3v) is 3.00. The van der Waals surface area contributed by atoms with E-state index in [0.29, 0.717) is 5.82 Å². The number of hydrogen-bond acceptors (Lipinski definition) is 2. The molecule has 1 aliphatic rings. The van der Waals surface area contributed by atoms with Crippen LogP contribution in [-0.4, -0.2) is 18.1 Å². The first-order chi connectivity index (χ1) is 8.07. The molecule has 2 nitrogen and oxygen atoms in total. The number of rotatable bonds is 1. The molecule has 0 aliphatic carbocycles. The maximum atomic E-state index is 12.6. The Morgan fingerprint density at radius 3 is 2.29 bits per heavy atom. The van der Waals surface area contributed by atoms with Crippen molar-refractivity contribution >= 4 is 5.82 Å². The van der Waals surface area contributed by atoms with E-state index in [1.807, 2.05) is 4.90 Å². The van der Waals surface area contributed by atoms with Crippen LogP contribution in [0.2, 0.25) is 0 Å². The summed E-state index contributed by atoms with van der Waals surface area (Å²) in [5, 5.41) is 0. The van der Waals surface area contributed by atoms with Crippen molar-refractivity contribution in [3.05, 3.63) is 23.9 Å². The third kappa shape index (κ3) is 3.11. The highest BCUT2D eigenvalue weighted by Crippen LogP contribution is 2.31. The van der Waals surface area contributed by atoms with Gasteiger partial charge in [0.1, 0.15) is 5.82 Å². The van der Waals surface area contributed by atoms with Crippen LogP contribution in [0.25, 0.3) is 0 Å². The van der Waals surface area contributed by atoms with Crippen molar-refractivity contribution in [2.24, 2.45) is 0 Å². The molecule has 0 bridgehead atoms. The lowest BCUT2D eigenvalue weighted by Gasteiger charge is -2.22. The zero-order chi connectivity index (χ0) is 12.3.